The molecule has 0 saturated carbocycles. The lowest BCUT2D eigenvalue weighted by Crippen LogP contribution is -2.34. The number of nitrogens with zero attached hydrogens (tertiary/aromatic N) is 4. The molecule has 2 aromatic rings. The predicted octanol–water partition coefficient (Wildman–Crippen LogP) is 1.19. The molecule has 0 fully saturated rings. The first-order chi connectivity index (χ1) is 9.86. The molecule has 0 amide bonds. The normalized spacial score (nSPS) is 15.2. The van der Waals surface area contributed by atoms with Crippen molar-refractivity contribution in [2.24, 2.45) is 5.73 Å². The van der Waals surface area contributed by atoms with E-state index in [4.69, 9.17) is 5.73 Å². The van der Waals surface area contributed by atoms with Crippen LogP contribution < -0.4 is 5.73 Å². The molecule has 0 unspecified atom stereocenters. The lowest BCUT2D eigenvalue weighted by atomic mass is 10.2. The van der Waals surface area contributed by atoms with E-state index in [-0.39, 0.29) is 0 Å². The third kappa shape index (κ3) is 2.89. The van der Waals surface area contributed by atoms with E-state index >= 15 is 0 Å². The zero-order valence-corrected chi connectivity index (χ0v) is 11.7. The highest BCUT2D eigenvalue weighted by Gasteiger charge is 2.20. The number of hydrogen-bond donors (Lipinski definition) is 1. The van der Waals surface area contributed by atoms with Crippen molar-refractivity contribution in [1.82, 2.24) is 19.7 Å². The van der Waals surface area contributed by atoms with E-state index in [1.54, 1.807) is 0 Å². The average molecular weight is 271 g/mol. The molecule has 2 heterocycles. The Morgan fingerprint density at radius 3 is 2.75 bits per heavy atom. The van der Waals surface area contributed by atoms with Crippen molar-refractivity contribution in [3.05, 3.63) is 47.5 Å². The van der Waals surface area contributed by atoms with E-state index < -0.39 is 0 Å². The first-order valence-electron chi connectivity index (χ1n) is 7.24. The van der Waals surface area contributed by atoms with Crippen LogP contribution in [0.25, 0.3) is 0 Å². The second-order valence-electron chi connectivity index (χ2n) is 5.27. The minimum absolute atomic E-state index is 0.711. The van der Waals surface area contributed by atoms with Crippen LogP contribution in [0.2, 0.25) is 0 Å². The van der Waals surface area contributed by atoms with Crippen LogP contribution in [-0.4, -0.2) is 32.8 Å². The van der Waals surface area contributed by atoms with Crippen LogP contribution >= 0.6 is 0 Å². The first-order valence-corrected chi connectivity index (χ1v) is 7.24. The number of aryl methyl sites for hydroxylation is 1. The molecule has 1 aromatic heterocycles. The Labute approximate surface area is 119 Å². The van der Waals surface area contributed by atoms with Crippen molar-refractivity contribution < 1.29 is 0 Å². The largest absolute Gasteiger partial charge is 0.330 e. The van der Waals surface area contributed by atoms with Crippen molar-refractivity contribution in [3.8, 4) is 0 Å². The minimum atomic E-state index is 0.711. The Balaban J connectivity index is 1.65. The summed E-state index contributed by atoms with van der Waals surface area (Å²) >= 11 is 0. The summed E-state index contributed by atoms with van der Waals surface area (Å²) in [5.74, 6) is 2.17. The SMILES string of the molecule is NCCCc1nnc2n1CCN(Cc1ccccc1)C2. The van der Waals surface area contributed by atoms with Gasteiger partial charge in [0.05, 0.1) is 6.54 Å². The molecule has 0 saturated heterocycles. The summed E-state index contributed by atoms with van der Waals surface area (Å²) in [6.45, 7) is 4.60. The molecule has 0 aliphatic carbocycles. The zero-order valence-electron chi connectivity index (χ0n) is 11.7. The summed E-state index contributed by atoms with van der Waals surface area (Å²) < 4.78 is 2.26. The van der Waals surface area contributed by atoms with Gasteiger partial charge in [0.1, 0.15) is 11.6 Å². The van der Waals surface area contributed by atoms with Crippen LogP contribution in [0.1, 0.15) is 23.6 Å². The molecule has 0 atom stereocenters. The van der Waals surface area contributed by atoms with Gasteiger partial charge in [-0.15, -0.1) is 10.2 Å². The lowest BCUT2D eigenvalue weighted by Gasteiger charge is -2.27. The lowest BCUT2D eigenvalue weighted by molar-refractivity contribution is 0.207. The molecule has 106 valence electrons. The van der Waals surface area contributed by atoms with Gasteiger partial charge in [0, 0.05) is 26.1 Å². The van der Waals surface area contributed by atoms with E-state index in [1.807, 2.05) is 0 Å². The number of fused-ring (bicyclic) bond motifs is 1. The Morgan fingerprint density at radius 1 is 1.10 bits per heavy atom. The van der Waals surface area contributed by atoms with Gasteiger partial charge < -0.3 is 10.3 Å². The van der Waals surface area contributed by atoms with Crippen LogP contribution in [0.5, 0.6) is 0 Å². The molecule has 1 aliphatic heterocycles. The van der Waals surface area contributed by atoms with Gasteiger partial charge in [-0.25, -0.2) is 0 Å². The summed E-state index contributed by atoms with van der Waals surface area (Å²) in [6.07, 6.45) is 1.91. The van der Waals surface area contributed by atoms with Crippen LogP contribution in [0.3, 0.4) is 0 Å². The van der Waals surface area contributed by atoms with Crippen molar-refractivity contribution in [1.29, 1.82) is 0 Å². The van der Waals surface area contributed by atoms with Gasteiger partial charge in [-0.2, -0.15) is 0 Å². The van der Waals surface area contributed by atoms with Gasteiger partial charge >= 0.3 is 0 Å². The van der Waals surface area contributed by atoms with Gasteiger partial charge in [-0.05, 0) is 18.5 Å². The summed E-state index contributed by atoms with van der Waals surface area (Å²) in [4.78, 5) is 2.42. The molecule has 1 aliphatic rings. The van der Waals surface area contributed by atoms with E-state index in [0.29, 0.717) is 6.54 Å². The van der Waals surface area contributed by atoms with E-state index in [2.05, 4.69) is 50.0 Å². The van der Waals surface area contributed by atoms with E-state index in [9.17, 15) is 0 Å². The smallest absolute Gasteiger partial charge is 0.147 e. The highest BCUT2D eigenvalue weighted by atomic mass is 15.3. The first kappa shape index (κ1) is 13.3. The monoisotopic (exact) mass is 271 g/mol. The molecule has 5 heteroatoms. The number of hydrogen-bond acceptors (Lipinski definition) is 4. The van der Waals surface area contributed by atoms with Gasteiger partial charge in [0.25, 0.3) is 0 Å². The minimum Gasteiger partial charge on any atom is -0.330 e. The summed E-state index contributed by atoms with van der Waals surface area (Å²) in [6, 6.07) is 10.6. The Bertz CT molecular complexity index is 549. The molecule has 0 spiro atoms. The highest BCUT2D eigenvalue weighted by molar-refractivity contribution is 5.14. The van der Waals surface area contributed by atoms with Crippen molar-refractivity contribution >= 4 is 0 Å². The van der Waals surface area contributed by atoms with Crippen LogP contribution in [-0.2, 0) is 26.1 Å². The van der Waals surface area contributed by atoms with Gasteiger partial charge in [0.2, 0.25) is 0 Å². The second-order valence-corrected chi connectivity index (χ2v) is 5.27. The van der Waals surface area contributed by atoms with Gasteiger partial charge in [0.15, 0.2) is 0 Å². The zero-order chi connectivity index (χ0) is 13.8. The third-order valence-corrected chi connectivity index (χ3v) is 3.76. The number of nitrogens with two attached hydrogens (primary N) is 1. The average Bonchev–Trinajstić information content (AvgIpc) is 2.88. The Kier molecular flexibility index (Phi) is 4.08. The van der Waals surface area contributed by atoms with Crippen LogP contribution in [0, 0.1) is 0 Å². The summed E-state index contributed by atoms with van der Waals surface area (Å²) in [5.41, 5.74) is 6.91. The summed E-state index contributed by atoms with van der Waals surface area (Å²) in [5, 5.41) is 8.64. The van der Waals surface area contributed by atoms with Crippen LogP contribution in [0.4, 0.5) is 0 Å². The fraction of sp³-hybridized carbons (Fsp3) is 0.467. The third-order valence-electron chi connectivity index (χ3n) is 3.76. The molecule has 20 heavy (non-hydrogen) atoms. The van der Waals surface area contributed by atoms with E-state index in [0.717, 1.165) is 50.7 Å². The van der Waals surface area contributed by atoms with Crippen molar-refractivity contribution in [2.45, 2.75) is 32.5 Å². The molecule has 0 radical (unpaired) electrons. The molecular formula is C15H21N5. The van der Waals surface area contributed by atoms with Gasteiger partial charge in [-0.3, -0.25) is 4.90 Å². The molecule has 5 nitrogen and oxygen atoms in total. The standard InChI is InChI=1S/C15H21N5/c16-8-4-7-14-17-18-15-12-19(9-10-20(14)15)11-13-5-2-1-3-6-13/h1-3,5-6H,4,7-12,16H2. The maximum absolute atomic E-state index is 5.56. The number of benzene rings is 1. The van der Waals surface area contributed by atoms with Crippen molar-refractivity contribution in [2.75, 3.05) is 13.1 Å². The maximum atomic E-state index is 5.56. The topological polar surface area (TPSA) is 60.0 Å². The Hall–Kier alpha value is -1.72. The highest BCUT2D eigenvalue weighted by Crippen LogP contribution is 2.15. The maximum Gasteiger partial charge on any atom is 0.147 e. The second kappa shape index (κ2) is 6.15. The predicted molar refractivity (Wildman–Crippen MR) is 78.0 cm³/mol. The molecule has 3 rings (SSSR count). The quantitative estimate of drug-likeness (QED) is 0.887. The van der Waals surface area contributed by atoms with Crippen LogP contribution in [0.15, 0.2) is 30.3 Å². The number of aromatic nitrogens is 3. The summed E-state index contributed by atoms with van der Waals surface area (Å²) in [7, 11) is 0. The fourth-order valence-electron chi connectivity index (χ4n) is 2.69. The fourth-order valence-corrected chi connectivity index (χ4v) is 2.69. The molecular weight excluding hydrogens is 250 g/mol. The molecule has 1 aromatic carbocycles. The molecule has 0 bridgehead atoms. The molecule has 2 N–H and O–H groups in total. The number of rotatable bonds is 5. The van der Waals surface area contributed by atoms with Gasteiger partial charge in [-0.1, -0.05) is 30.3 Å². The Morgan fingerprint density at radius 2 is 1.95 bits per heavy atom. The van der Waals surface area contributed by atoms with Crippen molar-refractivity contribution in [3.63, 3.8) is 0 Å². The van der Waals surface area contributed by atoms with E-state index in [1.165, 1.54) is 5.56 Å².